The number of rotatable bonds is 1. The van der Waals surface area contributed by atoms with Gasteiger partial charge in [-0.05, 0) is 35.9 Å². The van der Waals surface area contributed by atoms with E-state index in [1.54, 1.807) is 30.3 Å². The van der Waals surface area contributed by atoms with Gasteiger partial charge in [-0.25, -0.2) is 4.39 Å². The second kappa shape index (κ2) is 4.33. The van der Waals surface area contributed by atoms with Gasteiger partial charge in [0, 0.05) is 15.1 Å². The summed E-state index contributed by atoms with van der Waals surface area (Å²) in [5, 5.41) is 0.589. The predicted octanol–water partition coefficient (Wildman–Crippen LogP) is 4.71. The van der Waals surface area contributed by atoms with E-state index >= 15 is 0 Å². The quantitative estimate of drug-likeness (QED) is 0.711. The van der Waals surface area contributed by atoms with Gasteiger partial charge in [-0.3, -0.25) is 0 Å². The van der Waals surface area contributed by atoms with Crippen molar-refractivity contribution in [2.24, 2.45) is 0 Å². The zero-order valence-corrected chi connectivity index (χ0v) is 9.94. The van der Waals surface area contributed by atoms with Crippen molar-refractivity contribution in [2.45, 2.75) is 0 Å². The van der Waals surface area contributed by atoms with E-state index in [1.807, 2.05) is 0 Å². The maximum atomic E-state index is 13.6. The molecule has 0 N–H and O–H groups in total. The van der Waals surface area contributed by atoms with Gasteiger partial charge in [-0.1, -0.05) is 39.7 Å². The highest BCUT2D eigenvalue weighted by molar-refractivity contribution is 9.10. The van der Waals surface area contributed by atoms with Crippen LogP contribution in [0.5, 0.6) is 0 Å². The molecule has 0 amide bonds. The number of hydrogen-bond donors (Lipinski definition) is 0. The third-order valence-corrected chi connectivity index (χ3v) is 2.90. The molecule has 0 unspecified atom stereocenters. The van der Waals surface area contributed by atoms with Crippen LogP contribution < -0.4 is 0 Å². The summed E-state index contributed by atoms with van der Waals surface area (Å²) in [7, 11) is 0. The molecule has 75 valence electrons. The molecule has 3 heteroatoms. The highest BCUT2D eigenvalue weighted by Gasteiger charge is 2.08. The third kappa shape index (κ3) is 2.21. The minimum Gasteiger partial charge on any atom is -0.206 e. The molecule has 0 aliphatic carbocycles. The average molecular weight is 285 g/mol. The van der Waals surface area contributed by atoms with Gasteiger partial charge in [0.05, 0.1) is 0 Å². The first-order valence-corrected chi connectivity index (χ1v) is 5.47. The van der Waals surface area contributed by atoms with Crippen LogP contribution in [0, 0.1) is 11.9 Å². The van der Waals surface area contributed by atoms with Crippen molar-refractivity contribution in [3.63, 3.8) is 0 Å². The third-order valence-electron chi connectivity index (χ3n) is 2.01. The maximum absolute atomic E-state index is 13.6. The first kappa shape index (κ1) is 10.7. The monoisotopic (exact) mass is 283 g/mol. The van der Waals surface area contributed by atoms with Gasteiger partial charge in [-0.2, -0.15) is 0 Å². The van der Waals surface area contributed by atoms with Crippen LogP contribution in [0.1, 0.15) is 0 Å². The van der Waals surface area contributed by atoms with Gasteiger partial charge < -0.3 is 0 Å². The molecule has 15 heavy (non-hydrogen) atoms. The second-order valence-electron chi connectivity index (χ2n) is 3.02. The highest BCUT2D eigenvalue weighted by Crippen LogP contribution is 2.30. The van der Waals surface area contributed by atoms with Crippen LogP contribution in [0.25, 0.3) is 11.1 Å². The number of benzene rings is 2. The van der Waals surface area contributed by atoms with Crippen molar-refractivity contribution in [1.29, 1.82) is 0 Å². The molecule has 0 nitrogen and oxygen atoms in total. The van der Waals surface area contributed by atoms with Gasteiger partial charge in [0.1, 0.15) is 5.82 Å². The predicted molar refractivity (Wildman–Crippen MR) is 63.4 cm³/mol. The van der Waals surface area contributed by atoms with Gasteiger partial charge in [0.25, 0.3) is 0 Å². The van der Waals surface area contributed by atoms with Crippen molar-refractivity contribution in [3.8, 4) is 11.1 Å². The van der Waals surface area contributed by atoms with Crippen LogP contribution in [0.4, 0.5) is 4.39 Å². The smallest absolute Gasteiger partial charge is 0.132 e. The van der Waals surface area contributed by atoms with Gasteiger partial charge in [0.15, 0.2) is 0 Å². The van der Waals surface area contributed by atoms with Crippen LogP contribution >= 0.6 is 27.5 Å². The lowest BCUT2D eigenvalue weighted by atomic mass is 10.1. The van der Waals surface area contributed by atoms with E-state index in [0.29, 0.717) is 20.6 Å². The van der Waals surface area contributed by atoms with Crippen LogP contribution in [-0.4, -0.2) is 0 Å². The molecule has 0 atom stereocenters. The molecule has 2 rings (SSSR count). The Balaban J connectivity index is 2.58. The van der Waals surface area contributed by atoms with Crippen LogP contribution in [0.2, 0.25) is 5.02 Å². The summed E-state index contributed by atoms with van der Waals surface area (Å²) in [4.78, 5) is 0. The molecule has 0 bridgehead atoms. The van der Waals surface area contributed by atoms with E-state index in [4.69, 9.17) is 11.6 Å². The average Bonchev–Trinajstić information content (AvgIpc) is 2.20. The molecule has 0 heterocycles. The standard InChI is InChI=1S/C12H6BrClF/c13-10-2-1-3-11(15)12(10)8-4-6-9(14)7-5-8/h1-4,6-7H. The maximum Gasteiger partial charge on any atom is 0.132 e. The Kier molecular flexibility index (Phi) is 3.08. The van der Waals surface area contributed by atoms with E-state index < -0.39 is 0 Å². The minimum atomic E-state index is -0.275. The summed E-state index contributed by atoms with van der Waals surface area (Å²) < 4.78 is 14.3. The number of hydrogen-bond acceptors (Lipinski definition) is 0. The van der Waals surface area contributed by atoms with E-state index in [-0.39, 0.29) is 5.82 Å². The molecule has 0 fully saturated rings. The lowest BCUT2D eigenvalue weighted by Gasteiger charge is -2.05. The van der Waals surface area contributed by atoms with Crippen molar-refractivity contribution in [1.82, 2.24) is 0 Å². The summed E-state index contributed by atoms with van der Waals surface area (Å²) in [6, 6.07) is 12.9. The summed E-state index contributed by atoms with van der Waals surface area (Å²) in [5.74, 6) is -0.275. The zero-order chi connectivity index (χ0) is 10.8. The summed E-state index contributed by atoms with van der Waals surface area (Å²) in [5.41, 5.74) is 1.19. The van der Waals surface area contributed by atoms with E-state index in [0.717, 1.165) is 0 Å². The van der Waals surface area contributed by atoms with Crippen molar-refractivity contribution in [2.75, 3.05) is 0 Å². The van der Waals surface area contributed by atoms with E-state index in [1.165, 1.54) is 6.07 Å². The molecule has 1 radical (unpaired) electrons. The fourth-order valence-corrected chi connectivity index (χ4v) is 1.99. The molecule has 0 aliphatic rings. The molecule has 2 aromatic carbocycles. The van der Waals surface area contributed by atoms with E-state index in [9.17, 15) is 4.39 Å². The van der Waals surface area contributed by atoms with Gasteiger partial charge in [-0.15, -0.1) is 0 Å². The van der Waals surface area contributed by atoms with Crippen LogP contribution in [0.15, 0.2) is 40.9 Å². The summed E-state index contributed by atoms with van der Waals surface area (Å²) in [6.45, 7) is 0. The Morgan fingerprint density at radius 2 is 2.00 bits per heavy atom. The van der Waals surface area contributed by atoms with Crippen molar-refractivity contribution >= 4 is 27.5 Å². The Morgan fingerprint density at radius 1 is 1.20 bits per heavy atom. The lowest BCUT2D eigenvalue weighted by molar-refractivity contribution is 0.630. The molecule has 0 aromatic heterocycles. The summed E-state index contributed by atoms with van der Waals surface area (Å²) >= 11 is 9.05. The van der Waals surface area contributed by atoms with E-state index in [2.05, 4.69) is 22.0 Å². The molecule has 0 aliphatic heterocycles. The second-order valence-corrected chi connectivity index (χ2v) is 4.31. The topological polar surface area (TPSA) is 0 Å². The molecule has 2 aromatic rings. The normalized spacial score (nSPS) is 10.3. The summed E-state index contributed by atoms with van der Waals surface area (Å²) in [6.07, 6.45) is 0. The number of halogens is 3. The van der Waals surface area contributed by atoms with Crippen LogP contribution in [-0.2, 0) is 0 Å². The zero-order valence-electron chi connectivity index (χ0n) is 7.60. The SMILES string of the molecule is Fc1cccc(Br)c1-c1[c]cc(Cl)cc1. The Morgan fingerprint density at radius 3 is 2.60 bits per heavy atom. The molecule has 0 saturated carbocycles. The van der Waals surface area contributed by atoms with Gasteiger partial charge in [0.2, 0.25) is 0 Å². The first-order valence-electron chi connectivity index (χ1n) is 4.30. The Labute approximate surface area is 101 Å². The largest absolute Gasteiger partial charge is 0.206 e. The minimum absolute atomic E-state index is 0.275. The molecule has 0 saturated heterocycles. The molecule has 0 spiro atoms. The van der Waals surface area contributed by atoms with Gasteiger partial charge >= 0.3 is 0 Å². The fourth-order valence-electron chi connectivity index (χ4n) is 1.32. The van der Waals surface area contributed by atoms with Crippen molar-refractivity contribution < 1.29 is 4.39 Å². The fraction of sp³-hybridized carbons (Fsp3) is 0. The molecular formula is C12H6BrClF. The lowest BCUT2D eigenvalue weighted by Crippen LogP contribution is -1.85. The van der Waals surface area contributed by atoms with Crippen molar-refractivity contribution in [3.05, 3.63) is 57.8 Å². The Bertz CT molecular complexity index is 459. The highest BCUT2D eigenvalue weighted by atomic mass is 79.9. The van der Waals surface area contributed by atoms with Crippen LogP contribution in [0.3, 0.4) is 0 Å². The molecular weight excluding hydrogens is 278 g/mol. The first-order chi connectivity index (χ1) is 7.18. The Hall–Kier alpha value is -0.860.